The first-order chi connectivity index (χ1) is 11.5. The lowest BCUT2D eigenvalue weighted by molar-refractivity contribution is -0.139. The Bertz CT molecular complexity index is 569. The molecule has 0 radical (unpaired) electrons. The minimum absolute atomic E-state index is 0.00172. The van der Waals surface area contributed by atoms with Crippen LogP contribution >= 0.6 is 15.9 Å². The van der Waals surface area contributed by atoms with Crippen molar-refractivity contribution in [3.05, 3.63) is 34.3 Å². The number of ether oxygens (including phenoxy) is 1. The molecule has 5 heteroatoms. The Labute approximate surface area is 153 Å². The average Bonchev–Trinajstić information content (AvgIpc) is 2.76. The predicted octanol–water partition coefficient (Wildman–Crippen LogP) is 3.61. The lowest BCUT2D eigenvalue weighted by Gasteiger charge is -2.45. The van der Waals surface area contributed by atoms with E-state index < -0.39 is 0 Å². The molecule has 1 unspecified atom stereocenters. The monoisotopic (exact) mass is 394 g/mol. The molecule has 2 fully saturated rings. The fourth-order valence-corrected chi connectivity index (χ4v) is 4.43. The van der Waals surface area contributed by atoms with Crippen LogP contribution in [0.5, 0.6) is 0 Å². The Morgan fingerprint density at radius 3 is 2.42 bits per heavy atom. The van der Waals surface area contributed by atoms with E-state index in [1.807, 2.05) is 0 Å². The molecule has 1 aromatic rings. The summed E-state index contributed by atoms with van der Waals surface area (Å²) in [6.45, 7) is 8.29. The highest BCUT2D eigenvalue weighted by Crippen LogP contribution is 2.35. The molecule has 24 heavy (non-hydrogen) atoms. The minimum atomic E-state index is -0.00172. The SMILES string of the molecule is CC(=O)N1CCN(C(C)c2ccc(Br)cc2)CCC12CCOCC2. The summed E-state index contributed by atoms with van der Waals surface area (Å²) in [5.74, 6) is 0.204. The van der Waals surface area contributed by atoms with E-state index in [-0.39, 0.29) is 11.4 Å². The standard InChI is InChI=1S/C19H27BrN2O2/c1-15(17-3-5-18(20)6-4-17)21-10-7-19(8-13-24-14-9-19)22(12-11-21)16(2)23/h3-6,15H,7-14H2,1-2H3. The molecule has 0 N–H and O–H groups in total. The summed E-state index contributed by atoms with van der Waals surface area (Å²) >= 11 is 3.51. The van der Waals surface area contributed by atoms with Gasteiger partial charge in [0.25, 0.3) is 0 Å². The Hall–Kier alpha value is -0.910. The molecule has 2 saturated heterocycles. The van der Waals surface area contributed by atoms with Crippen LogP contribution in [0.15, 0.2) is 28.7 Å². The second-order valence-corrected chi connectivity index (χ2v) is 7.94. The lowest BCUT2D eigenvalue weighted by atomic mass is 9.84. The van der Waals surface area contributed by atoms with Gasteiger partial charge in [-0.15, -0.1) is 0 Å². The maximum absolute atomic E-state index is 12.3. The van der Waals surface area contributed by atoms with Crippen LogP contribution in [0.1, 0.15) is 44.7 Å². The van der Waals surface area contributed by atoms with Gasteiger partial charge in [0.15, 0.2) is 0 Å². The highest BCUT2D eigenvalue weighted by atomic mass is 79.9. The summed E-state index contributed by atoms with van der Waals surface area (Å²) in [5, 5.41) is 0. The third-order valence-corrected chi connectivity index (χ3v) is 6.28. The molecule has 1 aromatic carbocycles. The van der Waals surface area contributed by atoms with Crippen LogP contribution in [0.25, 0.3) is 0 Å². The van der Waals surface area contributed by atoms with Crippen molar-refractivity contribution in [1.82, 2.24) is 9.80 Å². The van der Waals surface area contributed by atoms with E-state index in [9.17, 15) is 4.79 Å². The van der Waals surface area contributed by atoms with Crippen LogP contribution in [0, 0.1) is 0 Å². The third kappa shape index (κ3) is 3.68. The zero-order valence-electron chi connectivity index (χ0n) is 14.6. The van der Waals surface area contributed by atoms with Crippen molar-refractivity contribution in [2.24, 2.45) is 0 Å². The van der Waals surface area contributed by atoms with E-state index >= 15 is 0 Å². The van der Waals surface area contributed by atoms with Gasteiger partial charge in [0, 0.05) is 55.8 Å². The summed E-state index contributed by atoms with van der Waals surface area (Å²) in [4.78, 5) is 16.9. The largest absolute Gasteiger partial charge is 0.381 e. The summed E-state index contributed by atoms with van der Waals surface area (Å²) in [5.41, 5.74) is 1.33. The number of nitrogens with zero attached hydrogens (tertiary/aromatic N) is 2. The first-order valence-electron chi connectivity index (χ1n) is 8.87. The Morgan fingerprint density at radius 2 is 1.79 bits per heavy atom. The second-order valence-electron chi connectivity index (χ2n) is 7.02. The van der Waals surface area contributed by atoms with Gasteiger partial charge in [-0.05, 0) is 43.9 Å². The molecule has 0 saturated carbocycles. The molecular formula is C19H27BrN2O2. The molecule has 2 heterocycles. The Kier molecular flexibility index (Phi) is 5.63. The number of hydrogen-bond donors (Lipinski definition) is 0. The second kappa shape index (κ2) is 7.54. The van der Waals surface area contributed by atoms with Gasteiger partial charge in [-0.3, -0.25) is 9.69 Å². The average molecular weight is 395 g/mol. The summed E-state index contributed by atoms with van der Waals surface area (Å²) in [6.07, 6.45) is 2.97. The van der Waals surface area contributed by atoms with Crippen molar-refractivity contribution in [3.8, 4) is 0 Å². The molecule has 3 rings (SSSR count). The fourth-order valence-electron chi connectivity index (χ4n) is 4.17. The van der Waals surface area contributed by atoms with Crippen molar-refractivity contribution >= 4 is 21.8 Å². The maximum Gasteiger partial charge on any atom is 0.219 e. The molecule has 1 spiro atoms. The van der Waals surface area contributed by atoms with Gasteiger partial charge in [-0.25, -0.2) is 0 Å². The number of rotatable bonds is 2. The zero-order chi connectivity index (χ0) is 17.2. The van der Waals surface area contributed by atoms with Crippen LogP contribution in [0.4, 0.5) is 0 Å². The highest BCUT2D eigenvalue weighted by molar-refractivity contribution is 9.10. The topological polar surface area (TPSA) is 32.8 Å². The molecule has 0 aliphatic carbocycles. The highest BCUT2D eigenvalue weighted by Gasteiger charge is 2.42. The molecule has 1 amide bonds. The number of amides is 1. The van der Waals surface area contributed by atoms with E-state index in [1.54, 1.807) is 6.92 Å². The van der Waals surface area contributed by atoms with Crippen LogP contribution < -0.4 is 0 Å². The van der Waals surface area contributed by atoms with E-state index in [0.29, 0.717) is 6.04 Å². The minimum Gasteiger partial charge on any atom is -0.381 e. The van der Waals surface area contributed by atoms with Gasteiger partial charge in [0.05, 0.1) is 0 Å². The molecule has 2 aliphatic rings. The summed E-state index contributed by atoms with van der Waals surface area (Å²) < 4.78 is 6.67. The van der Waals surface area contributed by atoms with E-state index in [4.69, 9.17) is 4.74 Å². The van der Waals surface area contributed by atoms with Crippen molar-refractivity contribution in [2.75, 3.05) is 32.8 Å². The van der Waals surface area contributed by atoms with Gasteiger partial charge >= 0.3 is 0 Å². The third-order valence-electron chi connectivity index (χ3n) is 5.75. The molecule has 0 aromatic heterocycles. The lowest BCUT2D eigenvalue weighted by Crippen LogP contribution is -2.54. The molecule has 4 nitrogen and oxygen atoms in total. The molecule has 0 bridgehead atoms. The molecule has 1 atom stereocenters. The van der Waals surface area contributed by atoms with Crippen LogP contribution in [0.2, 0.25) is 0 Å². The molecular weight excluding hydrogens is 368 g/mol. The fraction of sp³-hybridized carbons (Fsp3) is 0.632. The van der Waals surface area contributed by atoms with Gasteiger partial charge in [0.2, 0.25) is 5.91 Å². The van der Waals surface area contributed by atoms with E-state index in [2.05, 4.69) is 56.9 Å². The van der Waals surface area contributed by atoms with Crippen LogP contribution in [-0.4, -0.2) is 54.1 Å². The molecule has 132 valence electrons. The number of carbonyl (C=O) groups is 1. The maximum atomic E-state index is 12.3. The van der Waals surface area contributed by atoms with Crippen LogP contribution in [0.3, 0.4) is 0 Å². The van der Waals surface area contributed by atoms with Crippen molar-refractivity contribution in [3.63, 3.8) is 0 Å². The van der Waals surface area contributed by atoms with E-state index in [0.717, 1.165) is 56.6 Å². The van der Waals surface area contributed by atoms with E-state index in [1.165, 1.54) is 5.56 Å². The quantitative estimate of drug-likeness (QED) is 0.767. The Morgan fingerprint density at radius 1 is 1.12 bits per heavy atom. The Balaban J connectivity index is 1.76. The van der Waals surface area contributed by atoms with Crippen molar-refractivity contribution < 1.29 is 9.53 Å². The van der Waals surface area contributed by atoms with Gasteiger partial charge in [-0.1, -0.05) is 28.1 Å². The summed E-state index contributed by atoms with van der Waals surface area (Å²) in [7, 11) is 0. The number of halogens is 1. The van der Waals surface area contributed by atoms with Gasteiger partial charge < -0.3 is 9.64 Å². The number of carbonyl (C=O) groups excluding carboxylic acids is 1. The predicted molar refractivity (Wildman–Crippen MR) is 98.9 cm³/mol. The van der Waals surface area contributed by atoms with Crippen molar-refractivity contribution in [1.29, 1.82) is 0 Å². The van der Waals surface area contributed by atoms with Crippen LogP contribution in [-0.2, 0) is 9.53 Å². The first kappa shape index (κ1) is 17.9. The first-order valence-corrected chi connectivity index (χ1v) is 9.67. The normalized spacial score (nSPS) is 23.0. The summed E-state index contributed by atoms with van der Waals surface area (Å²) in [6, 6.07) is 8.94. The van der Waals surface area contributed by atoms with Gasteiger partial charge in [-0.2, -0.15) is 0 Å². The molecule has 2 aliphatic heterocycles. The number of benzene rings is 1. The smallest absolute Gasteiger partial charge is 0.219 e. The van der Waals surface area contributed by atoms with Crippen molar-refractivity contribution in [2.45, 2.75) is 44.7 Å². The number of hydrogen-bond acceptors (Lipinski definition) is 3. The van der Waals surface area contributed by atoms with Gasteiger partial charge in [0.1, 0.15) is 0 Å². The zero-order valence-corrected chi connectivity index (χ0v) is 16.2.